The summed E-state index contributed by atoms with van der Waals surface area (Å²) in [5.74, 6) is 0. The third-order valence-corrected chi connectivity index (χ3v) is 8.44. The second-order valence-corrected chi connectivity index (χ2v) is 8.88. The summed E-state index contributed by atoms with van der Waals surface area (Å²) in [4.78, 5) is 0. The molecule has 0 bridgehead atoms. The minimum Gasteiger partial charge on any atom is -0.393 e. The van der Waals surface area contributed by atoms with E-state index in [1.165, 1.54) is 15.9 Å². The van der Waals surface area contributed by atoms with Crippen molar-refractivity contribution in [3.8, 4) is 0 Å². The Morgan fingerprint density at radius 3 is 1.14 bits per heavy atom. The lowest BCUT2D eigenvalue weighted by Crippen LogP contribution is -2.34. The maximum atomic E-state index is 9.81. The second kappa shape index (κ2) is 6.87. The highest BCUT2D eigenvalue weighted by Gasteiger charge is 2.44. The van der Waals surface area contributed by atoms with Gasteiger partial charge >= 0.3 is 0 Å². The highest BCUT2D eigenvalue weighted by molar-refractivity contribution is 7.95. The van der Waals surface area contributed by atoms with Crippen LogP contribution in [0.15, 0.2) is 91.0 Å². The van der Waals surface area contributed by atoms with Gasteiger partial charge in [-0.25, -0.2) is 0 Å². The minimum absolute atomic E-state index is 0.187. The van der Waals surface area contributed by atoms with Gasteiger partial charge in [-0.1, -0.05) is 54.6 Å². The fourth-order valence-corrected chi connectivity index (χ4v) is 7.04. The van der Waals surface area contributed by atoms with Crippen molar-refractivity contribution in [3.05, 3.63) is 91.0 Å². The molecule has 2 heteroatoms. The van der Waals surface area contributed by atoms with Gasteiger partial charge in [0.2, 0.25) is 0 Å². The van der Waals surface area contributed by atoms with Crippen LogP contribution >= 0.6 is 7.26 Å². The number of hydrogen-bond donors (Lipinski definition) is 1. The van der Waals surface area contributed by atoms with Crippen LogP contribution in [0.25, 0.3) is 0 Å². The zero-order valence-electron chi connectivity index (χ0n) is 12.5. The largest absolute Gasteiger partial charge is 0.393 e. The molecular formula is C20H20OP+. The molecule has 0 aromatic heterocycles. The molecule has 3 aromatic rings. The molecule has 3 aromatic carbocycles. The van der Waals surface area contributed by atoms with Crippen molar-refractivity contribution in [3.63, 3.8) is 0 Å². The summed E-state index contributed by atoms with van der Waals surface area (Å²) in [7, 11) is -1.80. The van der Waals surface area contributed by atoms with Gasteiger partial charge in [0.1, 0.15) is 23.2 Å². The number of aliphatic hydroxyl groups excluding tert-OH is 1. The average Bonchev–Trinajstić information content (AvgIpc) is 2.62. The summed E-state index contributed by atoms with van der Waals surface area (Å²) >= 11 is 0. The van der Waals surface area contributed by atoms with E-state index in [-0.39, 0.29) is 6.61 Å². The quantitative estimate of drug-likeness (QED) is 0.719. The van der Waals surface area contributed by atoms with Gasteiger partial charge in [0.15, 0.2) is 0 Å². The number of aliphatic hydroxyl groups is 1. The van der Waals surface area contributed by atoms with E-state index in [2.05, 4.69) is 72.8 Å². The van der Waals surface area contributed by atoms with E-state index < -0.39 is 7.26 Å². The molecule has 0 aliphatic rings. The molecule has 22 heavy (non-hydrogen) atoms. The topological polar surface area (TPSA) is 20.2 Å². The van der Waals surface area contributed by atoms with E-state index in [1.54, 1.807) is 0 Å². The monoisotopic (exact) mass is 307 g/mol. The zero-order chi connectivity index (χ0) is 15.3. The lowest BCUT2D eigenvalue weighted by atomic mass is 10.4. The molecule has 0 heterocycles. The summed E-state index contributed by atoms with van der Waals surface area (Å²) in [5, 5.41) is 13.8. The fourth-order valence-electron chi connectivity index (χ4n) is 3.03. The third-order valence-electron chi connectivity index (χ3n) is 4.03. The van der Waals surface area contributed by atoms with Crippen LogP contribution in [-0.4, -0.2) is 17.9 Å². The summed E-state index contributed by atoms with van der Waals surface area (Å²) in [6.45, 7) is 0.187. The molecule has 3 rings (SSSR count). The SMILES string of the molecule is OCC[P+](c1ccccc1)(c1ccccc1)c1ccccc1. The van der Waals surface area contributed by atoms with Crippen LogP contribution < -0.4 is 15.9 Å². The van der Waals surface area contributed by atoms with E-state index in [1.807, 2.05) is 18.2 Å². The summed E-state index contributed by atoms with van der Waals surface area (Å²) < 4.78 is 0. The standard InChI is InChI=1S/C20H20OP/c21-16-17-22(18-10-4-1-5-11-18,19-12-6-2-7-13-19)20-14-8-3-9-15-20/h1-15,21H,16-17H2/q+1. The molecular weight excluding hydrogens is 287 g/mol. The molecule has 1 N–H and O–H groups in total. The highest BCUT2D eigenvalue weighted by Crippen LogP contribution is 2.54. The summed E-state index contributed by atoms with van der Waals surface area (Å²) in [6.07, 6.45) is 0.769. The van der Waals surface area contributed by atoms with Gasteiger partial charge in [-0.2, -0.15) is 0 Å². The Morgan fingerprint density at radius 2 is 0.864 bits per heavy atom. The van der Waals surface area contributed by atoms with Crippen LogP contribution in [-0.2, 0) is 0 Å². The molecule has 0 aliphatic heterocycles. The first-order valence-electron chi connectivity index (χ1n) is 7.54. The van der Waals surface area contributed by atoms with Crippen LogP contribution in [0, 0.1) is 0 Å². The molecule has 0 saturated carbocycles. The van der Waals surface area contributed by atoms with Crippen molar-refractivity contribution in [2.75, 3.05) is 12.8 Å². The van der Waals surface area contributed by atoms with E-state index in [4.69, 9.17) is 0 Å². The lowest BCUT2D eigenvalue weighted by Gasteiger charge is -2.26. The first-order chi connectivity index (χ1) is 10.9. The van der Waals surface area contributed by atoms with Crippen molar-refractivity contribution in [2.45, 2.75) is 0 Å². The third kappa shape index (κ3) is 2.70. The fraction of sp³-hybridized carbons (Fsp3) is 0.100. The van der Waals surface area contributed by atoms with Crippen LogP contribution in [0.3, 0.4) is 0 Å². The Labute approximate surface area is 132 Å². The van der Waals surface area contributed by atoms with Gasteiger partial charge < -0.3 is 5.11 Å². The van der Waals surface area contributed by atoms with Gasteiger partial charge in [-0.15, -0.1) is 0 Å². The number of benzene rings is 3. The van der Waals surface area contributed by atoms with Gasteiger partial charge in [0, 0.05) is 0 Å². The van der Waals surface area contributed by atoms with Crippen molar-refractivity contribution in [2.24, 2.45) is 0 Å². The van der Waals surface area contributed by atoms with Crippen LogP contribution in [0.4, 0.5) is 0 Å². The van der Waals surface area contributed by atoms with Crippen molar-refractivity contribution in [1.82, 2.24) is 0 Å². The first-order valence-corrected chi connectivity index (χ1v) is 9.51. The number of hydrogen-bond acceptors (Lipinski definition) is 1. The molecule has 0 fully saturated rings. The lowest BCUT2D eigenvalue weighted by molar-refractivity contribution is 0.321. The Morgan fingerprint density at radius 1 is 0.545 bits per heavy atom. The molecule has 0 spiro atoms. The van der Waals surface area contributed by atoms with Gasteiger partial charge in [-0.05, 0) is 36.4 Å². The summed E-state index contributed by atoms with van der Waals surface area (Å²) in [5.41, 5.74) is 0. The minimum atomic E-state index is -1.80. The Balaban J connectivity index is 2.29. The van der Waals surface area contributed by atoms with Gasteiger partial charge in [0.25, 0.3) is 0 Å². The van der Waals surface area contributed by atoms with Crippen molar-refractivity contribution in [1.29, 1.82) is 0 Å². The van der Waals surface area contributed by atoms with E-state index in [0.717, 1.165) is 6.16 Å². The predicted octanol–water partition coefficient (Wildman–Crippen LogP) is 2.97. The van der Waals surface area contributed by atoms with Crippen molar-refractivity contribution >= 4 is 23.2 Å². The highest BCUT2D eigenvalue weighted by atomic mass is 31.2. The first kappa shape index (κ1) is 15.0. The van der Waals surface area contributed by atoms with Gasteiger partial charge in [0.05, 0.1) is 12.8 Å². The molecule has 0 saturated heterocycles. The van der Waals surface area contributed by atoms with Crippen LogP contribution in [0.1, 0.15) is 0 Å². The predicted molar refractivity (Wildman–Crippen MR) is 97.1 cm³/mol. The maximum Gasteiger partial charge on any atom is 0.114 e. The smallest absolute Gasteiger partial charge is 0.114 e. The summed E-state index contributed by atoms with van der Waals surface area (Å²) in [6, 6.07) is 31.9. The van der Waals surface area contributed by atoms with E-state index >= 15 is 0 Å². The van der Waals surface area contributed by atoms with Crippen molar-refractivity contribution < 1.29 is 5.11 Å². The molecule has 1 nitrogen and oxygen atoms in total. The molecule has 0 unspecified atom stereocenters. The molecule has 110 valence electrons. The van der Waals surface area contributed by atoms with Gasteiger partial charge in [-0.3, -0.25) is 0 Å². The normalized spacial score (nSPS) is 11.3. The Bertz CT molecular complexity index is 599. The molecule has 0 atom stereocenters. The second-order valence-electron chi connectivity index (χ2n) is 5.26. The van der Waals surface area contributed by atoms with Crippen LogP contribution in [0.5, 0.6) is 0 Å². The Kier molecular flexibility index (Phi) is 4.68. The van der Waals surface area contributed by atoms with E-state index in [0.29, 0.717) is 0 Å². The van der Waals surface area contributed by atoms with Crippen LogP contribution in [0.2, 0.25) is 0 Å². The van der Waals surface area contributed by atoms with E-state index in [9.17, 15) is 5.11 Å². The number of rotatable bonds is 5. The molecule has 0 amide bonds. The average molecular weight is 307 g/mol. The molecule has 0 radical (unpaired) electrons. The maximum absolute atomic E-state index is 9.81. The molecule has 0 aliphatic carbocycles. The Hall–Kier alpha value is -1.95. The zero-order valence-corrected chi connectivity index (χ0v) is 13.4.